The molecular weight excluding hydrogens is 347 g/mol. The Hall–Kier alpha value is -2.86. The molecule has 0 saturated carbocycles. The van der Waals surface area contributed by atoms with Gasteiger partial charge in [-0.2, -0.15) is 0 Å². The van der Waals surface area contributed by atoms with Crippen LogP contribution in [0.5, 0.6) is 11.5 Å². The van der Waals surface area contributed by atoms with Crippen molar-refractivity contribution in [3.63, 3.8) is 0 Å². The lowest BCUT2D eigenvalue weighted by Gasteiger charge is -2.11. The molecule has 0 aliphatic heterocycles. The van der Waals surface area contributed by atoms with Crippen LogP contribution in [0.3, 0.4) is 0 Å². The van der Waals surface area contributed by atoms with Crippen LogP contribution in [0.2, 0.25) is 0 Å². The van der Waals surface area contributed by atoms with E-state index in [1.807, 2.05) is 25.1 Å². The normalized spacial score (nSPS) is 10.8. The molecule has 0 saturated heterocycles. The fourth-order valence-corrected chi connectivity index (χ4v) is 2.70. The molecule has 2 aromatic carbocycles. The summed E-state index contributed by atoms with van der Waals surface area (Å²) in [7, 11) is 1.63. The van der Waals surface area contributed by atoms with E-state index >= 15 is 0 Å². The van der Waals surface area contributed by atoms with Crippen molar-refractivity contribution in [2.45, 2.75) is 19.9 Å². The van der Waals surface area contributed by atoms with Crippen LogP contribution < -0.4 is 14.8 Å². The van der Waals surface area contributed by atoms with E-state index in [-0.39, 0.29) is 5.82 Å². The summed E-state index contributed by atoms with van der Waals surface area (Å²) < 4.78 is 29.4. The average Bonchev–Trinajstić information content (AvgIpc) is 3.15. The van der Waals surface area contributed by atoms with Crippen LogP contribution >= 0.6 is 0 Å². The molecule has 3 aromatic rings. The molecule has 5 nitrogen and oxygen atoms in total. The van der Waals surface area contributed by atoms with E-state index in [1.165, 1.54) is 12.1 Å². The molecule has 0 unspecified atom stereocenters. The molecular formula is C21H23FN2O3. The zero-order valence-electron chi connectivity index (χ0n) is 15.5. The van der Waals surface area contributed by atoms with Gasteiger partial charge in [-0.05, 0) is 48.9 Å². The topological polar surface area (TPSA) is 56.5 Å². The molecule has 1 N–H and O–H groups in total. The minimum atomic E-state index is -0.277. The van der Waals surface area contributed by atoms with Crippen molar-refractivity contribution in [2.75, 3.05) is 20.3 Å². The number of nitrogens with zero attached hydrogens (tertiary/aromatic N) is 1. The van der Waals surface area contributed by atoms with Crippen molar-refractivity contribution in [1.82, 2.24) is 10.3 Å². The Bertz CT molecular complexity index is 862. The first kappa shape index (κ1) is 18.9. The number of oxazole rings is 1. The van der Waals surface area contributed by atoms with E-state index in [1.54, 1.807) is 25.5 Å². The number of ether oxygens (including phenoxy) is 2. The quantitative estimate of drug-likeness (QED) is 0.572. The van der Waals surface area contributed by atoms with Crippen molar-refractivity contribution in [3.8, 4) is 23.0 Å². The number of hydrogen-bond acceptors (Lipinski definition) is 5. The third kappa shape index (κ3) is 5.08. The van der Waals surface area contributed by atoms with Crippen LogP contribution in [-0.2, 0) is 13.0 Å². The fraction of sp³-hybridized carbons (Fsp3) is 0.286. The molecule has 0 aliphatic rings. The van der Waals surface area contributed by atoms with Gasteiger partial charge in [0.15, 0.2) is 11.5 Å². The summed E-state index contributed by atoms with van der Waals surface area (Å²) in [5, 5.41) is 3.39. The van der Waals surface area contributed by atoms with Gasteiger partial charge in [0.25, 0.3) is 0 Å². The van der Waals surface area contributed by atoms with Gasteiger partial charge >= 0.3 is 0 Å². The molecule has 0 aliphatic carbocycles. The molecule has 1 aromatic heterocycles. The lowest BCUT2D eigenvalue weighted by Crippen LogP contribution is -2.16. The summed E-state index contributed by atoms with van der Waals surface area (Å²) in [4.78, 5) is 4.45. The Labute approximate surface area is 158 Å². The monoisotopic (exact) mass is 370 g/mol. The maximum atomic E-state index is 13.0. The second-order valence-electron chi connectivity index (χ2n) is 6.00. The van der Waals surface area contributed by atoms with Gasteiger partial charge < -0.3 is 19.2 Å². The summed E-state index contributed by atoms with van der Waals surface area (Å²) >= 11 is 0. The molecule has 0 radical (unpaired) electrons. The standard InChI is InChI=1S/C21H23FN2O3/c1-3-26-20-12-15(4-9-19(20)25-2)13-23-11-10-18-14-27-21(24-18)16-5-7-17(22)8-6-16/h4-9,12,14,23H,3,10-11,13H2,1-2H3. The fourth-order valence-electron chi connectivity index (χ4n) is 2.70. The van der Waals surface area contributed by atoms with E-state index in [4.69, 9.17) is 13.9 Å². The Morgan fingerprint density at radius 3 is 2.67 bits per heavy atom. The predicted octanol–water partition coefficient (Wildman–Crippen LogP) is 4.22. The van der Waals surface area contributed by atoms with Crippen molar-refractivity contribution >= 4 is 0 Å². The second-order valence-corrected chi connectivity index (χ2v) is 6.00. The molecule has 0 atom stereocenters. The Morgan fingerprint density at radius 1 is 1.11 bits per heavy atom. The largest absolute Gasteiger partial charge is 0.493 e. The molecule has 0 fully saturated rings. The smallest absolute Gasteiger partial charge is 0.226 e. The summed E-state index contributed by atoms with van der Waals surface area (Å²) in [6, 6.07) is 12.0. The van der Waals surface area contributed by atoms with Gasteiger partial charge in [-0.15, -0.1) is 0 Å². The SMILES string of the molecule is CCOc1cc(CNCCc2coc(-c3ccc(F)cc3)n2)ccc1OC. The third-order valence-electron chi connectivity index (χ3n) is 4.06. The van der Waals surface area contributed by atoms with Crippen LogP contribution in [0.1, 0.15) is 18.2 Å². The van der Waals surface area contributed by atoms with Crippen LogP contribution in [-0.4, -0.2) is 25.2 Å². The van der Waals surface area contributed by atoms with E-state index < -0.39 is 0 Å². The van der Waals surface area contributed by atoms with E-state index in [2.05, 4.69) is 10.3 Å². The molecule has 0 amide bonds. The highest BCUT2D eigenvalue weighted by Crippen LogP contribution is 2.28. The maximum Gasteiger partial charge on any atom is 0.226 e. The minimum absolute atomic E-state index is 0.277. The maximum absolute atomic E-state index is 13.0. The van der Waals surface area contributed by atoms with Crippen LogP contribution in [0.25, 0.3) is 11.5 Å². The Morgan fingerprint density at radius 2 is 1.93 bits per heavy atom. The molecule has 1 heterocycles. The molecule has 142 valence electrons. The zero-order chi connectivity index (χ0) is 19.1. The summed E-state index contributed by atoms with van der Waals surface area (Å²) in [6.45, 7) is 4.01. The highest BCUT2D eigenvalue weighted by molar-refractivity contribution is 5.52. The van der Waals surface area contributed by atoms with Crippen LogP contribution in [0.4, 0.5) is 4.39 Å². The van der Waals surface area contributed by atoms with Gasteiger partial charge in [-0.3, -0.25) is 0 Å². The van der Waals surface area contributed by atoms with Gasteiger partial charge in [-0.25, -0.2) is 9.37 Å². The average molecular weight is 370 g/mol. The predicted molar refractivity (Wildman–Crippen MR) is 101 cm³/mol. The molecule has 27 heavy (non-hydrogen) atoms. The van der Waals surface area contributed by atoms with Gasteiger partial charge in [0.05, 0.1) is 19.4 Å². The Kier molecular flexibility index (Phi) is 6.44. The number of nitrogens with one attached hydrogen (secondary N) is 1. The zero-order valence-corrected chi connectivity index (χ0v) is 15.5. The van der Waals surface area contributed by atoms with Crippen molar-refractivity contribution in [2.24, 2.45) is 0 Å². The summed E-state index contributed by atoms with van der Waals surface area (Å²) in [5.74, 6) is 1.71. The van der Waals surface area contributed by atoms with Gasteiger partial charge in [0, 0.05) is 25.1 Å². The number of hydrogen-bond donors (Lipinski definition) is 1. The summed E-state index contributed by atoms with van der Waals surface area (Å²) in [5.41, 5.74) is 2.73. The highest BCUT2D eigenvalue weighted by Gasteiger charge is 2.08. The number of aromatic nitrogens is 1. The van der Waals surface area contributed by atoms with Gasteiger partial charge in [-0.1, -0.05) is 6.07 Å². The van der Waals surface area contributed by atoms with E-state index in [9.17, 15) is 4.39 Å². The molecule has 0 spiro atoms. The van der Waals surface area contributed by atoms with E-state index in [0.717, 1.165) is 41.3 Å². The van der Waals surface area contributed by atoms with Gasteiger partial charge in [0.2, 0.25) is 5.89 Å². The minimum Gasteiger partial charge on any atom is -0.493 e. The molecule has 6 heteroatoms. The third-order valence-corrected chi connectivity index (χ3v) is 4.06. The van der Waals surface area contributed by atoms with Crippen molar-refractivity contribution < 1.29 is 18.3 Å². The lowest BCUT2D eigenvalue weighted by molar-refractivity contribution is 0.310. The molecule has 3 rings (SSSR count). The van der Waals surface area contributed by atoms with Crippen LogP contribution in [0, 0.1) is 5.82 Å². The second kappa shape index (κ2) is 9.19. The first-order chi connectivity index (χ1) is 13.2. The van der Waals surface area contributed by atoms with Gasteiger partial charge in [0.1, 0.15) is 12.1 Å². The Balaban J connectivity index is 1.50. The first-order valence-corrected chi connectivity index (χ1v) is 8.90. The number of benzene rings is 2. The molecule has 0 bridgehead atoms. The van der Waals surface area contributed by atoms with Crippen molar-refractivity contribution in [3.05, 3.63) is 65.8 Å². The number of halogens is 1. The van der Waals surface area contributed by atoms with Crippen molar-refractivity contribution in [1.29, 1.82) is 0 Å². The lowest BCUT2D eigenvalue weighted by atomic mass is 10.2. The summed E-state index contributed by atoms with van der Waals surface area (Å²) in [6.07, 6.45) is 2.38. The van der Waals surface area contributed by atoms with Crippen LogP contribution in [0.15, 0.2) is 53.1 Å². The van der Waals surface area contributed by atoms with E-state index in [0.29, 0.717) is 19.0 Å². The number of methoxy groups -OCH3 is 1. The first-order valence-electron chi connectivity index (χ1n) is 8.90. The number of rotatable bonds is 9. The highest BCUT2D eigenvalue weighted by atomic mass is 19.1.